The summed E-state index contributed by atoms with van der Waals surface area (Å²) >= 11 is 0. The first-order valence-corrected chi connectivity index (χ1v) is 7.69. The van der Waals surface area contributed by atoms with Gasteiger partial charge in [-0.05, 0) is 37.0 Å². The number of nitrogens with one attached hydrogen (secondary N) is 1. The lowest BCUT2D eigenvalue weighted by molar-refractivity contribution is -0.122. The highest BCUT2D eigenvalue weighted by molar-refractivity contribution is 5.85. The standard InChI is InChI=1S/C15H28N2O.ClH/c1-11-5-2-3-6-13(11)10-17-15(18)9-12-7-4-8-14(12)16;/h11-14H,2-10,16H2,1H3,(H,17,18);1H/t11?,12-,13?,14+;/m0./s1. The fourth-order valence-corrected chi connectivity index (χ4v) is 3.57. The van der Waals surface area contributed by atoms with E-state index >= 15 is 0 Å². The molecule has 0 aromatic carbocycles. The summed E-state index contributed by atoms with van der Waals surface area (Å²) < 4.78 is 0. The molecule has 2 aliphatic carbocycles. The van der Waals surface area contributed by atoms with Gasteiger partial charge in [-0.25, -0.2) is 0 Å². The van der Waals surface area contributed by atoms with Crippen LogP contribution in [0, 0.1) is 17.8 Å². The Labute approximate surface area is 123 Å². The van der Waals surface area contributed by atoms with Crippen molar-refractivity contribution in [2.75, 3.05) is 6.54 Å². The van der Waals surface area contributed by atoms with E-state index in [1.54, 1.807) is 0 Å². The minimum Gasteiger partial charge on any atom is -0.356 e. The van der Waals surface area contributed by atoms with Crippen molar-refractivity contribution < 1.29 is 4.79 Å². The SMILES string of the molecule is CC1CCCCC1CNC(=O)C[C@@H]1CCC[C@H]1N.Cl. The molecule has 2 aliphatic rings. The topological polar surface area (TPSA) is 55.1 Å². The van der Waals surface area contributed by atoms with Crippen LogP contribution >= 0.6 is 12.4 Å². The van der Waals surface area contributed by atoms with E-state index in [4.69, 9.17) is 5.73 Å². The van der Waals surface area contributed by atoms with Gasteiger partial charge in [0.25, 0.3) is 0 Å². The Morgan fingerprint density at radius 3 is 2.42 bits per heavy atom. The second kappa shape index (κ2) is 8.11. The predicted octanol–water partition coefficient (Wildman–Crippen LogP) is 2.87. The maximum absolute atomic E-state index is 11.9. The Kier molecular flexibility index (Phi) is 7.16. The fourth-order valence-electron chi connectivity index (χ4n) is 3.57. The van der Waals surface area contributed by atoms with Crippen molar-refractivity contribution >= 4 is 18.3 Å². The number of rotatable bonds is 4. The number of carbonyl (C=O) groups excluding carboxylic acids is 1. The summed E-state index contributed by atoms with van der Waals surface area (Å²) in [7, 11) is 0. The van der Waals surface area contributed by atoms with Crippen LogP contribution in [-0.4, -0.2) is 18.5 Å². The molecular weight excluding hydrogens is 260 g/mol. The van der Waals surface area contributed by atoms with Gasteiger partial charge in [0.1, 0.15) is 0 Å². The van der Waals surface area contributed by atoms with Crippen molar-refractivity contribution in [2.24, 2.45) is 23.5 Å². The van der Waals surface area contributed by atoms with E-state index in [0.29, 0.717) is 18.3 Å². The number of hydrogen-bond donors (Lipinski definition) is 2. The van der Waals surface area contributed by atoms with E-state index in [-0.39, 0.29) is 24.4 Å². The molecule has 0 aromatic heterocycles. The van der Waals surface area contributed by atoms with Gasteiger partial charge in [0.15, 0.2) is 0 Å². The first kappa shape index (κ1) is 16.8. The van der Waals surface area contributed by atoms with Crippen LogP contribution in [0.4, 0.5) is 0 Å². The Balaban J connectivity index is 0.00000180. The predicted molar refractivity (Wildman–Crippen MR) is 81.3 cm³/mol. The van der Waals surface area contributed by atoms with E-state index < -0.39 is 0 Å². The molecule has 0 spiro atoms. The van der Waals surface area contributed by atoms with Crippen LogP contribution in [-0.2, 0) is 4.79 Å². The molecule has 19 heavy (non-hydrogen) atoms. The zero-order valence-electron chi connectivity index (χ0n) is 12.1. The molecule has 2 saturated carbocycles. The van der Waals surface area contributed by atoms with Gasteiger partial charge in [-0.15, -0.1) is 12.4 Å². The van der Waals surface area contributed by atoms with Crippen LogP contribution in [0.3, 0.4) is 0 Å². The molecule has 0 saturated heterocycles. The van der Waals surface area contributed by atoms with Crippen LogP contribution in [0.25, 0.3) is 0 Å². The average Bonchev–Trinajstić information content (AvgIpc) is 2.74. The molecule has 1 amide bonds. The van der Waals surface area contributed by atoms with Gasteiger partial charge in [-0.3, -0.25) is 4.79 Å². The molecule has 3 nitrogen and oxygen atoms in total. The van der Waals surface area contributed by atoms with Gasteiger partial charge in [-0.2, -0.15) is 0 Å². The minimum absolute atomic E-state index is 0. The largest absolute Gasteiger partial charge is 0.356 e. The summed E-state index contributed by atoms with van der Waals surface area (Å²) in [4.78, 5) is 11.9. The van der Waals surface area contributed by atoms with Gasteiger partial charge in [0, 0.05) is 19.0 Å². The molecular formula is C15H29ClN2O. The maximum Gasteiger partial charge on any atom is 0.220 e. The second-order valence-corrected chi connectivity index (χ2v) is 6.38. The van der Waals surface area contributed by atoms with Crippen LogP contribution < -0.4 is 11.1 Å². The molecule has 0 heterocycles. The summed E-state index contributed by atoms with van der Waals surface area (Å²) in [6.45, 7) is 3.20. The average molecular weight is 289 g/mol. The Bertz CT molecular complexity index is 285. The monoisotopic (exact) mass is 288 g/mol. The van der Waals surface area contributed by atoms with Gasteiger partial charge in [0.2, 0.25) is 5.91 Å². The molecule has 2 rings (SSSR count). The quantitative estimate of drug-likeness (QED) is 0.836. The first-order valence-electron chi connectivity index (χ1n) is 7.69. The molecule has 3 N–H and O–H groups in total. The molecule has 4 atom stereocenters. The van der Waals surface area contributed by atoms with E-state index in [2.05, 4.69) is 12.2 Å². The lowest BCUT2D eigenvalue weighted by atomic mass is 9.80. The van der Waals surface area contributed by atoms with E-state index in [9.17, 15) is 4.79 Å². The number of nitrogens with two attached hydrogens (primary N) is 1. The maximum atomic E-state index is 11.9. The summed E-state index contributed by atoms with van der Waals surface area (Å²) in [6, 6.07) is 0.254. The molecule has 112 valence electrons. The van der Waals surface area contributed by atoms with Crippen molar-refractivity contribution in [3.63, 3.8) is 0 Å². The van der Waals surface area contributed by atoms with Crippen molar-refractivity contribution in [1.82, 2.24) is 5.32 Å². The normalized spacial score (nSPS) is 34.6. The van der Waals surface area contributed by atoms with Crippen LogP contribution in [0.2, 0.25) is 0 Å². The van der Waals surface area contributed by atoms with Gasteiger partial charge in [0.05, 0.1) is 0 Å². The van der Waals surface area contributed by atoms with E-state index in [1.165, 1.54) is 32.1 Å². The van der Waals surface area contributed by atoms with Crippen LogP contribution in [0.15, 0.2) is 0 Å². The molecule has 0 bridgehead atoms. The van der Waals surface area contributed by atoms with Crippen LogP contribution in [0.1, 0.15) is 58.3 Å². The second-order valence-electron chi connectivity index (χ2n) is 6.38. The summed E-state index contributed by atoms with van der Waals surface area (Å²) in [6.07, 6.45) is 9.37. The molecule has 4 heteroatoms. The van der Waals surface area contributed by atoms with Crippen LogP contribution in [0.5, 0.6) is 0 Å². The molecule has 0 aromatic rings. The van der Waals surface area contributed by atoms with E-state index in [0.717, 1.165) is 25.3 Å². The van der Waals surface area contributed by atoms with Crippen molar-refractivity contribution in [1.29, 1.82) is 0 Å². The highest BCUT2D eigenvalue weighted by Crippen LogP contribution is 2.29. The van der Waals surface area contributed by atoms with Crippen molar-refractivity contribution in [2.45, 2.75) is 64.3 Å². The molecule has 2 fully saturated rings. The third-order valence-electron chi connectivity index (χ3n) is 5.02. The zero-order valence-corrected chi connectivity index (χ0v) is 12.9. The minimum atomic E-state index is 0. The number of hydrogen-bond acceptors (Lipinski definition) is 2. The summed E-state index contributed by atoms with van der Waals surface area (Å²) in [5.74, 6) is 2.11. The highest BCUT2D eigenvalue weighted by Gasteiger charge is 2.27. The highest BCUT2D eigenvalue weighted by atomic mass is 35.5. The Morgan fingerprint density at radius 1 is 1.11 bits per heavy atom. The first-order chi connectivity index (χ1) is 8.66. The molecule has 0 radical (unpaired) electrons. The lowest BCUT2D eigenvalue weighted by Gasteiger charge is -2.29. The Hall–Kier alpha value is -0.280. The van der Waals surface area contributed by atoms with Gasteiger partial charge in [-0.1, -0.05) is 32.6 Å². The zero-order chi connectivity index (χ0) is 13.0. The van der Waals surface area contributed by atoms with Crippen molar-refractivity contribution in [3.05, 3.63) is 0 Å². The summed E-state index contributed by atoms with van der Waals surface area (Å²) in [5.41, 5.74) is 6.01. The smallest absolute Gasteiger partial charge is 0.220 e. The Morgan fingerprint density at radius 2 is 1.79 bits per heavy atom. The fraction of sp³-hybridized carbons (Fsp3) is 0.933. The van der Waals surface area contributed by atoms with E-state index in [1.807, 2.05) is 0 Å². The number of halogens is 1. The lowest BCUT2D eigenvalue weighted by Crippen LogP contribution is -2.36. The van der Waals surface area contributed by atoms with Gasteiger partial charge >= 0.3 is 0 Å². The molecule has 2 unspecified atom stereocenters. The number of amides is 1. The van der Waals surface area contributed by atoms with Crippen molar-refractivity contribution in [3.8, 4) is 0 Å². The third-order valence-corrected chi connectivity index (χ3v) is 5.02. The third kappa shape index (κ3) is 4.96. The molecule has 0 aliphatic heterocycles. The van der Waals surface area contributed by atoms with Gasteiger partial charge < -0.3 is 11.1 Å². The number of carbonyl (C=O) groups is 1. The summed E-state index contributed by atoms with van der Waals surface area (Å²) in [5, 5.41) is 3.14.